The van der Waals surface area contributed by atoms with Crippen molar-refractivity contribution in [2.75, 3.05) is 19.0 Å². The molecule has 1 N–H and O–H groups in total. The average Bonchev–Trinajstić information content (AvgIpc) is 3.52. The number of benzene rings is 2. The smallest absolute Gasteiger partial charge is 0.244 e. The van der Waals surface area contributed by atoms with Gasteiger partial charge in [0.15, 0.2) is 0 Å². The molecule has 0 unspecified atom stereocenters. The van der Waals surface area contributed by atoms with Crippen LogP contribution in [-0.2, 0) is 14.4 Å². The molecule has 0 radical (unpaired) electrons. The maximum atomic E-state index is 12.8. The number of carbonyl (C=O) groups excluding carboxylic acids is 3. The van der Waals surface area contributed by atoms with Crippen molar-refractivity contribution in [1.29, 1.82) is 0 Å². The molecule has 2 heterocycles. The molecule has 31 heavy (non-hydrogen) atoms. The fourth-order valence-corrected chi connectivity index (χ4v) is 5.47. The fourth-order valence-electron chi connectivity index (χ4n) is 5.47. The molecule has 3 aliphatic rings. The number of hydrogen-bond acceptors (Lipinski definition) is 5. The van der Waals surface area contributed by atoms with Gasteiger partial charge in [0.25, 0.3) is 0 Å². The van der Waals surface area contributed by atoms with Gasteiger partial charge in [-0.25, -0.2) is 0 Å². The number of amides is 3. The minimum Gasteiger partial charge on any atom is -0.495 e. The van der Waals surface area contributed by atoms with Crippen LogP contribution in [0.25, 0.3) is 21.9 Å². The van der Waals surface area contributed by atoms with Crippen molar-refractivity contribution in [3.05, 3.63) is 48.6 Å². The first kappa shape index (κ1) is 18.2. The topological polar surface area (TPSA) is 88.9 Å². The quantitative estimate of drug-likeness (QED) is 0.521. The predicted molar refractivity (Wildman–Crippen MR) is 113 cm³/mol. The van der Waals surface area contributed by atoms with Gasteiger partial charge in [-0.05, 0) is 30.4 Å². The number of anilines is 1. The summed E-state index contributed by atoms with van der Waals surface area (Å²) in [5.41, 5.74) is 1.79. The van der Waals surface area contributed by atoms with E-state index >= 15 is 0 Å². The Morgan fingerprint density at radius 3 is 2.48 bits per heavy atom. The molecule has 2 aromatic carbocycles. The third-order valence-electron chi connectivity index (χ3n) is 6.84. The number of carbonyl (C=O) groups is 3. The second kappa shape index (κ2) is 6.44. The van der Waals surface area contributed by atoms with Gasteiger partial charge in [0.1, 0.15) is 23.5 Å². The van der Waals surface area contributed by atoms with E-state index in [0.717, 1.165) is 27.7 Å². The molecule has 156 valence electrons. The molecule has 0 spiro atoms. The van der Waals surface area contributed by atoms with Gasteiger partial charge in [-0.2, -0.15) is 0 Å². The highest BCUT2D eigenvalue weighted by atomic mass is 16.5. The molecule has 3 amide bonds. The second-order valence-electron chi connectivity index (χ2n) is 8.46. The molecule has 1 aliphatic heterocycles. The lowest BCUT2D eigenvalue weighted by molar-refractivity contribution is -0.143. The highest BCUT2D eigenvalue weighted by molar-refractivity contribution is 6.11. The van der Waals surface area contributed by atoms with E-state index in [2.05, 4.69) is 5.32 Å². The molecule has 2 bridgehead atoms. The van der Waals surface area contributed by atoms with Gasteiger partial charge < -0.3 is 14.5 Å². The van der Waals surface area contributed by atoms with Crippen LogP contribution in [-0.4, -0.2) is 36.3 Å². The lowest BCUT2D eigenvalue weighted by atomic mass is 9.85. The molecule has 7 nitrogen and oxygen atoms in total. The molecular weight excluding hydrogens is 396 g/mol. The first-order valence-corrected chi connectivity index (χ1v) is 10.4. The summed E-state index contributed by atoms with van der Waals surface area (Å²) in [6.45, 7) is -0.300. The van der Waals surface area contributed by atoms with Crippen LogP contribution in [0.15, 0.2) is 53.0 Å². The van der Waals surface area contributed by atoms with Crippen molar-refractivity contribution >= 4 is 45.3 Å². The van der Waals surface area contributed by atoms with E-state index in [1.807, 2.05) is 42.5 Å². The summed E-state index contributed by atoms with van der Waals surface area (Å²) in [6, 6.07) is 11.2. The number of hydrogen-bond donors (Lipinski definition) is 1. The van der Waals surface area contributed by atoms with Crippen molar-refractivity contribution in [3.63, 3.8) is 0 Å². The molecule has 6 rings (SSSR count). The summed E-state index contributed by atoms with van der Waals surface area (Å²) in [5, 5.41) is 4.62. The zero-order chi connectivity index (χ0) is 21.3. The number of methoxy groups -OCH3 is 1. The molecule has 4 atom stereocenters. The van der Waals surface area contributed by atoms with Gasteiger partial charge in [0.2, 0.25) is 17.7 Å². The molecule has 3 aromatic rings. The minimum atomic E-state index is -0.448. The number of furan rings is 1. The van der Waals surface area contributed by atoms with Crippen LogP contribution in [0, 0.1) is 23.7 Å². The van der Waals surface area contributed by atoms with Crippen LogP contribution in [0.3, 0.4) is 0 Å². The van der Waals surface area contributed by atoms with Crippen molar-refractivity contribution in [2.45, 2.75) is 6.42 Å². The second-order valence-corrected chi connectivity index (χ2v) is 8.46. The van der Waals surface area contributed by atoms with Crippen molar-refractivity contribution in [2.24, 2.45) is 23.7 Å². The van der Waals surface area contributed by atoms with Gasteiger partial charge in [0, 0.05) is 16.8 Å². The lowest BCUT2D eigenvalue weighted by Crippen LogP contribution is -2.39. The van der Waals surface area contributed by atoms with E-state index in [1.54, 1.807) is 6.07 Å². The Morgan fingerprint density at radius 2 is 1.77 bits per heavy atom. The number of fused-ring (bicyclic) bond motifs is 8. The van der Waals surface area contributed by atoms with E-state index in [1.165, 1.54) is 7.11 Å². The van der Waals surface area contributed by atoms with E-state index in [9.17, 15) is 14.4 Å². The Morgan fingerprint density at radius 1 is 1.06 bits per heavy atom. The Kier molecular flexibility index (Phi) is 3.78. The van der Waals surface area contributed by atoms with E-state index < -0.39 is 5.91 Å². The summed E-state index contributed by atoms with van der Waals surface area (Å²) < 4.78 is 11.4. The van der Waals surface area contributed by atoms with Gasteiger partial charge >= 0.3 is 0 Å². The van der Waals surface area contributed by atoms with Crippen LogP contribution < -0.4 is 10.1 Å². The maximum absolute atomic E-state index is 12.8. The summed E-state index contributed by atoms with van der Waals surface area (Å²) in [4.78, 5) is 39.5. The number of allylic oxidation sites excluding steroid dienone is 2. The van der Waals surface area contributed by atoms with E-state index in [4.69, 9.17) is 9.15 Å². The zero-order valence-corrected chi connectivity index (χ0v) is 16.8. The van der Waals surface area contributed by atoms with E-state index in [0.29, 0.717) is 17.0 Å². The van der Waals surface area contributed by atoms with Crippen LogP contribution in [0.5, 0.6) is 5.75 Å². The Hall–Kier alpha value is -3.61. The first-order valence-electron chi connectivity index (χ1n) is 10.4. The van der Waals surface area contributed by atoms with Crippen LogP contribution in [0.2, 0.25) is 0 Å². The summed E-state index contributed by atoms with van der Waals surface area (Å²) in [7, 11) is 1.52. The lowest BCUT2D eigenvalue weighted by Gasteiger charge is -2.17. The number of imide groups is 1. The number of nitrogens with zero attached hydrogens (tertiary/aromatic N) is 1. The first-order chi connectivity index (χ1) is 15.0. The van der Waals surface area contributed by atoms with Crippen molar-refractivity contribution in [1.82, 2.24) is 4.90 Å². The average molecular weight is 416 g/mol. The predicted octanol–water partition coefficient (Wildman–Crippen LogP) is 3.34. The van der Waals surface area contributed by atoms with Gasteiger partial charge in [-0.15, -0.1) is 0 Å². The van der Waals surface area contributed by atoms with Crippen LogP contribution >= 0.6 is 0 Å². The largest absolute Gasteiger partial charge is 0.495 e. The zero-order valence-electron chi connectivity index (χ0n) is 16.8. The third kappa shape index (κ3) is 2.55. The Balaban J connectivity index is 1.26. The highest BCUT2D eigenvalue weighted by Crippen LogP contribution is 2.52. The number of likely N-dealkylation sites (tertiary alicyclic amines) is 1. The van der Waals surface area contributed by atoms with Gasteiger partial charge in [0.05, 0.1) is 24.6 Å². The molecule has 2 aliphatic carbocycles. The normalized spacial score (nSPS) is 26.3. The molecule has 7 heteroatoms. The van der Waals surface area contributed by atoms with Crippen LogP contribution in [0.1, 0.15) is 6.42 Å². The van der Waals surface area contributed by atoms with Crippen LogP contribution in [0.4, 0.5) is 5.69 Å². The molecule has 1 saturated carbocycles. The molecule has 2 fully saturated rings. The maximum Gasteiger partial charge on any atom is 0.244 e. The number of ether oxygens (including phenoxy) is 1. The number of nitrogens with one attached hydrogen (secondary N) is 1. The highest BCUT2D eigenvalue weighted by Gasteiger charge is 2.59. The SMILES string of the molecule is COc1cc2c(cc1NC(=O)CN1C(=O)[C@@H]3[C@@H](C1=O)[C@H]1C=C[C@@H]3C1)oc1ccccc12. The Bertz CT molecular complexity index is 1280. The minimum absolute atomic E-state index is 0.120. The Labute approximate surface area is 177 Å². The monoisotopic (exact) mass is 416 g/mol. The van der Waals surface area contributed by atoms with Crippen molar-refractivity contribution < 1.29 is 23.5 Å². The van der Waals surface area contributed by atoms with Gasteiger partial charge in [-0.1, -0.05) is 30.4 Å². The third-order valence-corrected chi connectivity index (χ3v) is 6.84. The van der Waals surface area contributed by atoms with Gasteiger partial charge in [-0.3, -0.25) is 19.3 Å². The molecule has 1 aromatic heterocycles. The molecule has 1 saturated heterocycles. The van der Waals surface area contributed by atoms with E-state index in [-0.39, 0.29) is 42.0 Å². The molecular formula is C24H20N2O5. The summed E-state index contributed by atoms with van der Waals surface area (Å²) in [6.07, 6.45) is 4.93. The fraction of sp³-hybridized carbons (Fsp3) is 0.292. The number of rotatable bonds is 4. The summed E-state index contributed by atoms with van der Waals surface area (Å²) in [5.74, 6) is -0.816. The van der Waals surface area contributed by atoms with Crippen molar-refractivity contribution in [3.8, 4) is 5.75 Å². The summed E-state index contributed by atoms with van der Waals surface area (Å²) >= 11 is 0. The number of para-hydroxylation sites is 1. The standard InChI is InChI=1S/C24H20N2O5/c1-30-19-9-15-14-4-2-3-5-17(14)31-18(15)10-16(19)25-20(27)11-26-23(28)21-12-6-7-13(8-12)22(21)24(26)29/h2-7,9-10,12-13,21-22H,8,11H2,1H3,(H,25,27)/t12-,13+,21-,22-/m0/s1.